The lowest BCUT2D eigenvalue weighted by molar-refractivity contribution is 0.550. The molecule has 0 N–H and O–H groups in total. The van der Waals surface area contributed by atoms with E-state index in [1.165, 1.54) is 19.3 Å². The molecule has 0 amide bonds. The molecule has 0 aliphatic rings. The Hall–Kier alpha value is -0.780. The minimum absolute atomic E-state index is 0.903. The van der Waals surface area contributed by atoms with E-state index in [4.69, 9.17) is 0 Å². The topological polar surface area (TPSA) is 0 Å². The van der Waals surface area contributed by atoms with E-state index in [1.807, 2.05) is 26.0 Å². The Morgan fingerprint density at radius 1 is 1.00 bits per heavy atom. The largest absolute Gasteiger partial charge is 0.0991 e. The van der Waals surface area contributed by atoms with Crippen LogP contribution in [0.25, 0.3) is 0 Å². The molecule has 0 radical (unpaired) electrons. The standard InChI is InChI=1S/C7H16.C6H8.C2H6/c1-4-5-6-7(2)3;1-3-5-6-4-2;1-2/h7H,4-6H2,1-3H3;3-6H,1-2H2;1-2H3/b;6-5-;. The van der Waals surface area contributed by atoms with Crippen LogP contribution in [0.4, 0.5) is 0 Å². The maximum atomic E-state index is 3.46. The number of hydrogen-bond acceptors (Lipinski definition) is 0. The van der Waals surface area contributed by atoms with Crippen molar-refractivity contribution in [2.75, 3.05) is 0 Å². The molecule has 0 unspecified atom stereocenters. The van der Waals surface area contributed by atoms with Crippen LogP contribution in [0.2, 0.25) is 0 Å². The molecule has 0 saturated heterocycles. The molecule has 0 aromatic heterocycles. The first-order valence-electron chi connectivity index (χ1n) is 6.09. The fourth-order valence-corrected chi connectivity index (χ4v) is 0.770. The van der Waals surface area contributed by atoms with Crippen molar-refractivity contribution in [3.63, 3.8) is 0 Å². The summed E-state index contributed by atoms with van der Waals surface area (Å²) in [6.45, 7) is 17.7. The van der Waals surface area contributed by atoms with Gasteiger partial charge in [0.05, 0.1) is 0 Å². The van der Waals surface area contributed by atoms with Crippen molar-refractivity contribution in [1.82, 2.24) is 0 Å². The predicted octanol–water partition coefficient (Wildman–Crippen LogP) is 5.77. The number of unbranched alkanes of at least 4 members (excludes halogenated alkanes) is 1. The van der Waals surface area contributed by atoms with Gasteiger partial charge in [0.1, 0.15) is 0 Å². The Labute approximate surface area is 97.8 Å². The van der Waals surface area contributed by atoms with Crippen molar-refractivity contribution in [3.8, 4) is 0 Å². The van der Waals surface area contributed by atoms with Gasteiger partial charge in [-0.05, 0) is 5.92 Å². The van der Waals surface area contributed by atoms with Crippen LogP contribution < -0.4 is 0 Å². The summed E-state index contributed by atoms with van der Waals surface area (Å²) < 4.78 is 0. The summed E-state index contributed by atoms with van der Waals surface area (Å²) in [5, 5.41) is 0. The third kappa shape index (κ3) is 43.0. The molecule has 0 aliphatic heterocycles. The van der Waals surface area contributed by atoms with Crippen molar-refractivity contribution in [2.45, 2.75) is 53.9 Å². The van der Waals surface area contributed by atoms with E-state index in [-0.39, 0.29) is 0 Å². The summed E-state index contributed by atoms with van der Waals surface area (Å²) in [4.78, 5) is 0. The van der Waals surface area contributed by atoms with Gasteiger partial charge in [0, 0.05) is 0 Å². The first-order chi connectivity index (χ1) is 7.18. The van der Waals surface area contributed by atoms with Crippen molar-refractivity contribution >= 4 is 0 Å². The highest BCUT2D eigenvalue weighted by molar-refractivity contribution is 5.05. The number of allylic oxidation sites excluding steroid dienone is 4. The van der Waals surface area contributed by atoms with E-state index in [9.17, 15) is 0 Å². The Morgan fingerprint density at radius 3 is 1.53 bits per heavy atom. The fraction of sp³-hybridized carbons (Fsp3) is 0.600. The van der Waals surface area contributed by atoms with Gasteiger partial charge < -0.3 is 0 Å². The van der Waals surface area contributed by atoms with E-state index in [0.717, 1.165) is 5.92 Å². The zero-order valence-electron chi connectivity index (χ0n) is 11.4. The molecule has 0 atom stereocenters. The maximum Gasteiger partial charge on any atom is -0.0471 e. The molecule has 0 saturated carbocycles. The fourth-order valence-electron chi connectivity index (χ4n) is 0.770. The molecule has 0 fully saturated rings. The van der Waals surface area contributed by atoms with E-state index >= 15 is 0 Å². The van der Waals surface area contributed by atoms with Crippen LogP contribution in [0.1, 0.15) is 53.9 Å². The second-order valence-electron chi connectivity index (χ2n) is 3.39. The van der Waals surface area contributed by atoms with Gasteiger partial charge in [-0.3, -0.25) is 0 Å². The van der Waals surface area contributed by atoms with Crippen molar-refractivity contribution in [2.24, 2.45) is 5.92 Å². The molecule has 15 heavy (non-hydrogen) atoms. The summed E-state index contributed by atoms with van der Waals surface area (Å²) in [6.07, 6.45) is 11.2. The predicted molar refractivity (Wildman–Crippen MR) is 75.2 cm³/mol. The van der Waals surface area contributed by atoms with Gasteiger partial charge in [0.15, 0.2) is 0 Å². The molecule has 0 heterocycles. The number of hydrogen-bond donors (Lipinski definition) is 0. The monoisotopic (exact) mass is 210 g/mol. The van der Waals surface area contributed by atoms with Gasteiger partial charge >= 0.3 is 0 Å². The smallest absolute Gasteiger partial charge is 0.0471 e. The molecular weight excluding hydrogens is 180 g/mol. The Balaban J connectivity index is -0.000000166. The highest BCUT2D eigenvalue weighted by Crippen LogP contribution is 2.04. The second kappa shape index (κ2) is 23.2. The van der Waals surface area contributed by atoms with Gasteiger partial charge in [0.25, 0.3) is 0 Å². The Morgan fingerprint density at radius 2 is 1.40 bits per heavy atom. The first kappa shape index (κ1) is 19.7. The maximum absolute atomic E-state index is 3.46. The van der Waals surface area contributed by atoms with E-state index in [0.29, 0.717) is 0 Å². The highest BCUT2D eigenvalue weighted by atomic mass is 13.9. The Kier molecular flexibility index (Phi) is 30.6. The first-order valence-corrected chi connectivity index (χ1v) is 6.09. The SMILES string of the molecule is C=C/C=C\C=C.CC.CCCCC(C)C. The van der Waals surface area contributed by atoms with Gasteiger partial charge in [-0.2, -0.15) is 0 Å². The minimum atomic E-state index is 0.903. The zero-order valence-corrected chi connectivity index (χ0v) is 11.4. The van der Waals surface area contributed by atoms with Crippen LogP contribution in [-0.2, 0) is 0 Å². The van der Waals surface area contributed by atoms with Crippen molar-refractivity contribution < 1.29 is 0 Å². The van der Waals surface area contributed by atoms with Crippen LogP contribution in [0.5, 0.6) is 0 Å². The molecular formula is C15H30. The van der Waals surface area contributed by atoms with E-state index in [2.05, 4.69) is 33.9 Å². The lowest BCUT2D eigenvalue weighted by Gasteiger charge is -1.98. The van der Waals surface area contributed by atoms with Crippen LogP contribution in [0.3, 0.4) is 0 Å². The molecule has 0 spiro atoms. The van der Waals surface area contributed by atoms with E-state index in [1.54, 1.807) is 12.2 Å². The van der Waals surface area contributed by atoms with Gasteiger partial charge in [-0.25, -0.2) is 0 Å². The van der Waals surface area contributed by atoms with Crippen LogP contribution in [0.15, 0.2) is 37.5 Å². The average molecular weight is 210 g/mol. The van der Waals surface area contributed by atoms with Crippen LogP contribution >= 0.6 is 0 Å². The normalized spacial score (nSPS) is 8.67. The lowest BCUT2D eigenvalue weighted by atomic mass is 10.1. The molecule has 0 aromatic carbocycles. The Bertz CT molecular complexity index is 119. The van der Waals surface area contributed by atoms with Crippen molar-refractivity contribution in [3.05, 3.63) is 37.5 Å². The van der Waals surface area contributed by atoms with Crippen LogP contribution in [0, 0.1) is 5.92 Å². The average Bonchev–Trinajstić information content (AvgIpc) is 2.27. The summed E-state index contributed by atoms with van der Waals surface area (Å²) >= 11 is 0. The minimum Gasteiger partial charge on any atom is -0.0991 e. The van der Waals surface area contributed by atoms with Crippen LogP contribution in [-0.4, -0.2) is 0 Å². The molecule has 0 aliphatic carbocycles. The van der Waals surface area contributed by atoms with Gasteiger partial charge in [-0.1, -0.05) is 91.3 Å². The molecule has 0 rings (SSSR count). The summed E-state index contributed by atoms with van der Waals surface area (Å²) in [7, 11) is 0. The van der Waals surface area contributed by atoms with Gasteiger partial charge in [-0.15, -0.1) is 0 Å². The molecule has 0 bridgehead atoms. The van der Waals surface area contributed by atoms with Crippen molar-refractivity contribution in [1.29, 1.82) is 0 Å². The van der Waals surface area contributed by atoms with E-state index < -0.39 is 0 Å². The molecule has 0 heteroatoms. The molecule has 90 valence electrons. The lowest BCUT2D eigenvalue weighted by Crippen LogP contribution is -1.83. The summed E-state index contributed by atoms with van der Waals surface area (Å²) in [5.74, 6) is 0.903. The second-order valence-corrected chi connectivity index (χ2v) is 3.39. The molecule has 0 nitrogen and oxygen atoms in total. The quantitative estimate of drug-likeness (QED) is 0.505. The summed E-state index contributed by atoms with van der Waals surface area (Å²) in [6, 6.07) is 0. The molecule has 0 aromatic rings. The van der Waals surface area contributed by atoms with Gasteiger partial charge in [0.2, 0.25) is 0 Å². The summed E-state index contributed by atoms with van der Waals surface area (Å²) in [5.41, 5.74) is 0. The third-order valence-corrected chi connectivity index (χ3v) is 1.52. The zero-order chi connectivity index (χ0) is 12.5. The highest BCUT2D eigenvalue weighted by Gasteiger charge is 1.88. The third-order valence-electron chi connectivity index (χ3n) is 1.52. The number of rotatable bonds is 5.